The lowest BCUT2D eigenvalue weighted by molar-refractivity contribution is 0.220. The first kappa shape index (κ1) is 14.9. The van der Waals surface area contributed by atoms with Crippen LogP contribution in [0.25, 0.3) is 0 Å². The molecule has 0 amide bonds. The van der Waals surface area contributed by atoms with Crippen molar-refractivity contribution in [2.45, 2.75) is 6.10 Å². The smallest absolute Gasteiger partial charge is 0.138 e. The van der Waals surface area contributed by atoms with Crippen LogP contribution in [0.5, 0.6) is 5.75 Å². The lowest BCUT2D eigenvalue weighted by Gasteiger charge is -2.15. The third kappa shape index (κ3) is 3.34. The molecule has 2 nitrogen and oxygen atoms in total. The van der Waals surface area contributed by atoms with Crippen molar-refractivity contribution >= 4 is 45.8 Å². The molecule has 0 aliphatic carbocycles. The van der Waals surface area contributed by atoms with Crippen LogP contribution >= 0.6 is 45.8 Å². The maximum absolute atomic E-state index is 10.4. The van der Waals surface area contributed by atoms with E-state index in [-0.39, 0.29) is 0 Å². The largest absolute Gasteiger partial charge is 0.495 e. The third-order valence-corrected chi connectivity index (χ3v) is 4.02. The van der Waals surface area contributed by atoms with Gasteiger partial charge >= 0.3 is 0 Å². The van der Waals surface area contributed by atoms with Crippen molar-refractivity contribution in [3.05, 3.63) is 61.1 Å². The number of benzene rings is 2. The van der Waals surface area contributed by atoms with E-state index in [1.54, 1.807) is 12.1 Å². The van der Waals surface area contributed by atoms with Crippen molar-refractivity contribution in [3.8, 4) is 5.75 Å². The molecule has 0 aliphatic heterocycles. The lowest BCUT2D eigenvalue weighted by atomic mass is 10.0. The Bertz CT molecular complexity index is 602. The van der Waals surface area contributed by atoms with Crippen molar-refractivity contribution in [3.63, 3.8) is 0 Å². The number of rotatable bonds is 3. The van der Waals surface area contributed by atoms with Gasteiger partial charge in [0.25, 0.3) is 0 Å². The van der Waals surface area contributed by atoms with Crippen molar-refractivity contribution in [2.24, 2.45) is 0 Å². The van der Waals surface area contributed by atoms with Gasteiger partial charge in [0.15, 0.2) is 0 Å². The average Bonchev–Trinajstić information content (AvgIpc) is 2.40. The summed E-state index contributed by atoms with van der Waals surface area (Å²) in [5.41, 5.74) is 1.34. The summed E-state index contributed by atoms with van der Waals surface area (Å²) in [6, 6.07) is 10.8. The molecule has 0 spiro atoms. The number of ether oxygens (including phenoxy) is 1. The fourth-order valence-electron chi connectivity index (χ4n) is 1.77. The maximum Gasteiger partial charge on any atom is 0.138 e. The predicted octanol–water partition coefficient (Wildman–Crippen LogP) is 4.69. The van der Waals surface area contributed by atoms with Gasteiger partial charge in [-0.1, -0.05) is 35.3 Å². The molecule has 0 heterocycles. The molecule has 0 aliphatic rings. The molecule has 1 N–H and O–H groups in total. The zero-order valence-electron chi connectivity index (χ0n) is 10.0. The van der Waals surface area contributed by atoms with E-state index in [1.165, 1.54) is 7.11 Å². The molecule has 0 bridgehead atoms. The molecule has 0 aromatic heterocycles. The number of hydrogen-bond acceptors (Lipinski definition) is 2. The summed E-state index contributed by atoms with van der Waals surface area (Å²) < 4.78 is 6.13. The van der Waals surface area contributed by atoms with Crippen LogP contribution in [-0.4, -0.2) is 12.2 Å². The van der Waals surface area contributed by atoms with E-state index in [0.717, 1.165) is 9.13 Å². The standard InChI is InChI=1S/C14H11Cl2IO2/c1-19-13-7-11(15)10(6-12(13)16)14(18)8-3-2-4-9(17)5-8/h2-7,14,18H,1H3. The van der Waals surface area contributed by atoms with Gasteiger partial charge in [0.05, 0.1) is 17.2 Å². The van der Waals surface area contributed by atoms with E-state index in [2.05, 4.69) is 22.6 Å². The fourth-order valence-corrected chi connectivity index (χ4v) is 2.84. The molecule has 0 saturated heterocycles. The molecule has 1 atom stereocenters. The average molecular weight is 409 g/mol. The highest BCUT2D eigenvalue weighted by Gasteiger charge is 2.17. The lowest BCUT2D eigenvalue weighted by Crippen LogP contribution is -2.01. The Morgan fingerprint density at radius 3 is 2.53 bits per heavy atom. The quantitative estimate of drug-likeness (QED) is 0.746. The van der Waals surface area contributed by atoms with Crippen LogP contribution in [0.4, 0.5) is 0 Å². The van der Waals surface area contributed by atoms with Gasteiger partial charge in [-0.05, 0) is 46.4 Å². The highest BCUT2D eigenvalue weighted by molar-refractivity contribution is 14.1. The summed E-state index contributed by atoms with van der Waals surface area (Å²) in [7, 11) is 1.52. The molecule has 2 aromatic rings. The summed E-state index contributed by atoms with van der Waals surface area (Å²) in [6.07, 6.45) is -0.814. The van der Waals surface area contributed by atoms with Crippen molar-refractivity contribution < 1.29 is 9.84 Å². The van der Waals surface area contributed by atoms with E-state index >= 15 is 0 Å². The van der Waals surface area contributed by atoms with Crippen LogP contribution in [0.1, 0.15) is 17.2 Å². The minimum absolute atomic E-state index is 0.423. The van der Waals surface area contributed by atoms with Gasteiger partial charge in [-0.3, -0.25) is 0 Å². The Balaban J connectivity index is 2.44. The molecule has 19 heavy (non-hydrogen) atoms. The van der Waals surface area contributed by atoms with E-state index < -0.39 is 6.10 Å². The Morgan fingerprint density at radius 2 is 1.89 bits per heavy atom. The second-order valence-electron chi connectivity index (χ2n) is 3.97. The van der Waals surface area contributed by atoms with Crippen molar-refractivity contribution in [1.82, 2.24) is 0 Å². The number of aliphatic hydroxyl groups excluding tert-OH is 1. The topological polar surface area (TPSA) is 29.5 Å². The Kier molecular flexibility index (Phi) is 4.95. The van der Waals surface area contributed by atoms with Crippen molar-refractivity contribution in [1.29, 1.82) is 0 Å². The minimum atomic E-state index is -0.814. The van der Waals surface area contributed by atoms with E-state index in [9.17, 15) is 5.11 Å². The Hall–Kier alpha value is -0.490. The van der Waals surface area contributed by atoms with Crippen LogP contribution in [0.2, 0.25) is 10.0 Å². The second-order valence-corrected chi connectivity index (χ2v) is 6.03. The normalized spacial score (nSPS) is 12.3. The van der Waals surface area contributed by atoms with Gasteiger partial charge in [0, 0.05) is 15.2 Å². The molecule has 2 aromatic carbocycles. The monoisotopic (exact) mass is 408 g/mol. The number of methoxy groups -OCH3 is 1. The van der Waals surface area contributed by atoms with E-state index in [1.807, 2.05) is 24.3 Å². The van der Waals surface area contributed by atoms with Crippen LogP contribution < -0.4 is 4.74 Å². The molecule has 0 radical (unpaired) electrons. The Labute approximate surface area is 135 Å². The number of hydrogen-bond donors (Lipinski definition) is 1. The minimum Gasteiger partial charge on any atom is -0.495 e. The fraction of sp³-hybridized carbons (Fsp3) is 0.143. The second kappa shape index (κ2) is 6.31. The highest BCUT2D eigenvalue weighted by atomic mass is 127. The SMILES string of the molecule is COc1cc(Cl)c(C(O)c2cccc(I)c2)cc1Cl. The van der Waals surface area contributed by atoms with Gasteiger partial charge in [-0.15, -0.1) is 0 Å². The Morgan fingerprint density at radius 1 is 1.16 bits per heavy atom. The zero-order chi connectivity index (χ0) is 14.0. The van der Waals surface area contributed by atoms with Crippen molar-refractivity contribution in [2.75, 3.05) is 7.11 Å². The molecular formula is C14H11Cl2IO2. The molecular weight excluding hydrogens is 398 g/mol. The van der Waals surface area contributed by atoms with Crippen LogP contribution in [0.15, 0.2) is 36.4 Å². The molecule has 0 saturated carbocycles. The number of halogens is 3. The van der Waals surface area contributed by atoms with E-state index in [0.29, 0.717) is 21.4 Å². The van der Waals surface area contributed by atoms with Crippen LogP contribution in [-0.2, 0) is 0 Å². The van der Waals surface area contributed by atoms with Gasteiger partial charge in [-0.25, -0.2) is 0 Å². The van der Waals surface area contributed by atoms with Gasteiger partial charge in [-0.2, -0.15) is 0 Å². The summed E-state index contributed by atoms with van der Waals surface area (Å²) in [5.74, 6) is 0.491. The predicted molar refractivity (Wildman–Crippen MR) is 86.2 cm³/mol. The van der Waals surface area contributed by atoms with Gasteiger partial charge in [0.2, 0.25) is 0 Å². The maximum atomic E-state index is 10.4. The molecule has 1 unspecified atom stereocenters. The highest BCUT2D eigenvalue weighted by Crippen LogP contribution is 2.36. The third-order valence-electron chi connectivity index (χ3n) is 2.73. The number of aliphatic hydroxyl groups is 1. The molecule has 100 valence electrons. The van der Waals surface area contributed by atoms with E-state index in [4.69, 9.17) is 27.9 Å². The zero-order valence-corrected chi connectivity index (χ0v) is 13.7. The molecule has 0 fully saturated rings. The summed E-state index contributed by atoms with van der Waals surface area (Å²) in [5, 5.41) is 11.2. The van der Waals surface area contributed by atoms with Gasteiger partial charge < -0.3 is 9.84 Å². The van der Waals surface area contributed by atoms with Crippen LogP contribution in [0, 0.1) is 3.57 Å². The molecule has 5 heteroatoms. The first-order valence-electron chi connectivity index (χ1n) is 5.49. The van der Waals surface area contributed by atoms with Crippen LogP contribution in [0.3, 0.4) is 0 Å². The molecule has 2 rings (SSSR count). The first-order chi connectivity index (χ1) is 9.02. The summed E-state index contributed by atoms with van der Waals surface area (Å²) >= 11 is 14.4. The summed E-state index contributed by atoms with van der Waals surface area (Å²) in [4.78, 5) is 0. The van der Waals surface area contributed by atoms with Gasteiger partial charge in [0.1, 0.15) is 11.9 Å². The summed E-state index contributed by atoms with van der Waals surface area (Å²) in [6.45, 7) is 0. The first-order valence-corrected chi connectivity index (χ1v) is 7.33.